The average Bonchev–Trinajstić information content (AvgIpc) is 2.33. The van der Waals surface area contributed by atoms with Crippen molar-refractivity contribution in [2.75, 3.05) is 0 Å². The highest BCUT2D eigenvalue weighted by atomic mass is 19.3. The van der Waals surface area contributed by atoms with E-state index in [0.717, 1.165) is 4.68 Å². The first-order chi connectivity index (χ1) is 6.08. The minimum Gasteiger partial charge on any atom is -0.481 e. The number of hydrogen-bond donors (Lipinski definition) is 1. The van der Waals surface area contributed by atoms with E-state index in [4.69, 9.17) is 5.11 Å². The summed E-state index contributed by atoms with van der Waals surface area (Å²) in [6.45, 7) is -0.500. The standard InChI is InChI=1S/C7H8F2N2O2/c8-6(9)4-11-3-5(2-10-11)1-7(12)13/h2-3,6H,1,4H2,(H,12,13). The molecule has 1 aromatic rings. The fourth-order valence-corrected chi connectivity index (χ4v) is 0.914. The second-order valence-corrected chi connectivity index (χ2v) is 2.53. The van der Waals surface area contributed by atoms with E-state index in [1.54, 1.807) is 0 Å². The lowest BCUT2D eigenvalue weighted by molar-refractivity contribution is -0.136. The number of hydrogen-bond acceptors (Lipinski definition) is 2. The van der Waals surface area contributed by atoms with E-state index in [9.17, 15) is 13.6 Å². The Morgan fingerprint density at radius 3 is 2.92 bits per heavy atom. The average molecular weight is 190 g/mol. The lowest BCUT2D eigenvalue weighted by atomic mass is 10.3. The van der Waals surface area contributed by atoms with Crippen LogP contribution in [-0.4, -0.2) is 27.3 Å². The molecule has 0 saturated heterocycles. The third-order valence-electron chi connectivity index (χ3n) is 1.37. The number of halogens is 2. The van der Waals surface area contributed by atoms with E-state index in [1.807, 2.05) is 0 Å². The van der Waals surface area contributed by atoms with Crippen molar-refractivity contribution in [3.63, 3.8) is 0 Å². The summed E-state index contributed by atoms with van der Waals surface area (Å²) in [6, 6.07) is 0. The number of rotatable bonds is 4. The SMILES string of the molecule is O=C(O)Cc1cnn(CC(F)F)c1. The maximum Gasteiger partial charge on any atom is 0.307 e. The van der Waals surface area contributed by atoms with Gasteiger partial charge in [-0.1, -0.05) is 0 Å². The van der Waals surface area contributed by atoms with Crippen LogP contribution in [0.3, 0.4) is 0 Å². The molecule has 72 valence electrons. The molecular formula is C7H8F2N2O2. The van der Waals surface area contributed by atoms with Gasteiger partial charge in [0.2, 0.25) is 0 Å². The summed E-state index contributed by atoms with van der Waals surface area (Å²) >= 11 is 0. The van der Waals surface area contributed by atoms with E-state index < -0.39 is 18.9 Å². The van der Waals surface area contributed by atoms with Crippen molar-refractivity contribution < 1.29 is 18.7 Å². The van der Waals surface area contributed by atoms with Gasteiger partial charge < -0.3 is 5.11 Å². The van der Waals surface area contributed by atoms with Gasteiger partial charge in [-0.15, -0.1) is 0 Å². The number of carboxylic acid groups (broad SMARTS) is 1. The van der Waals surface area contributed by atoms with Crippen LogP contribution in [0.15, 0.2) is 12.4 Å². The summed E-state index contributed by atoms with van der Waals surface area (Å²) in [7, 11) is 0. The molecule has 0 radical (unpaired) electrons. The molecule has 0 unspecified atom stereocenters. The van der Waals surface area contributed by atoms with E-state index in [-0.39, 0.29) is 6.42 Å². The minimum absolute atomic E-state index is 0.191. The maximum atomic E-state index is 11.8. The Labute approximate surface area is 72.8 Å². The Kier molecular flexibility index (Phi) is 2.94. The van der Waals surface area contributed by atoms with Gasteiger partial charge in [-0.3, -0.25) is 9.48 Å². The molecule has 0 aliphatic rings. The second-order valence-electron chi connectivity index (χ2n) is 2.53. The fraction of sp³-hybridized carbons (Fsp3) is 0.429. The highest BCUT2D eigenvalue weighted by Crippen LogP contribution is 2.02. The van der Waals surface area contributed by atoms with Gasteiger partial charge in [-0.25, -0.2) is 8.78 Å². The van der Waals surface area contributed by atoms with Gasteiger partial charge in [0.25, 0.3) is 6.43 Å². The van der Waals surface area contributed by atoms with Crippen LogP contribution in [0.4, 0.5) is 8.78 Å². The van der Waals surface area contributed by atoms with Crippen LogP contribution in [0.5, 0.6) is 0 Å². The molecule has 0 amide bonds. The Balaban J connectivity index is 2.58. The van der Waals surface area contributed by atoms with Crippen molar-refractivity contribution in [2.45, 2.75) is 19.4 Å². The summed E-state index contributed by atoms with van der Waals surface area (Å²) in [6.07, 6.45) is -0.0856. The van der Waals surface area contributed by atoms with Crippen LogP contribution in [0.25, 0.3) is 0 Å². The van der Waals surface area contributed by atoms with Crippen LogP contribution in [0.1, 0.15) is 5.56 Å². The zero-order valence-electron chi connectivity index (χ0n) is 6.65. The minimum atomic E-state index is -2.47. The Morgan fingerprint density at radius 1 is 1.69 bits per heavy atom. The first kappa shape index (κ1) is 9.63. The second kappa shape index (κ2) is 3.97. The summed E-state index contributed by atoms with van der Waals surface area (Å²) in [5.74, 6) is -1.00. The molecule has 6 heteroatoms. The highest BCUT2D eigenvalue weighted by molar-refractivity contribution is 5.69. The normalized spacial score (nSPS) is 10.7. The first-order valence-corrected chi connectivity index (χ1v) is 3.59. The summed E-state index contributed by atoms with van der Waals surface area (Å²) < 4.78 is 24.7. The van der Waals surface area contributed by atoms with Gasteiger partial charge in [0.05, 0.1) is 12.6 Å². The molecular weight excluding hydrogens is 182 g/mol. The van der Waals surface area contributed by atoms with E-state index in [0.29, 0.717) is 5.56 Å². The van der Waals surface area contributed by atoms with Crippen molar-refractivity contribution in [3.05, 3.63) is 18.0 Å². The topological polar surface area (TPSA) is 55.1 Å². The van der Waals surface area contributed by atoms with Gasteiger partial charge in [0.1, 0.15) is 6.54 Å². The fourth-order valence-electron chi connectivity index (χ4n) is 0.914. The van der Waals surface area contributed by atoms with Crippen LogP contribution < -0.4 is 0 Å². The van der Waals surface area contributed by atoms with Crippen molar-refractivity contribution in [1.29, 1.82) is 0 Å². The third kappa shape index (κ3) is 3.18. The van der Waals surface area contributed by atoms with E-state index >= 15 is 0 Å². The number of nitrogens with zero attached hydrogens (tertiary/aromatic N) is 2. The zero-order valence-corrected chi connectivity index (χ0v) is 6.65. The summed E-state index contributed by atoms with van der Waals surface area (Å²) in [4.78, 5) is 10.2. The zero-order chi connectivity index (χ0) is 9.84. The van der Waals surface area contributed by atoms with Crippen molar-refractivity contribution in [3.8, 4) is 0 Å². The first-order valence-electron chi connectivity index (χ1n) is 3.59. The van der Waals surface area contributed by atoms with Crippen molar-refractivity contribution in [1.82, 2.24) is 9.78 Å². The quantitative estimate of drug-likeness (QED) is 0.763. The predicted molar refractivity (Wildman–Crippen MR) is 39.6 cm³/mol. The smallest absolute Gasteiger partial charge is 0.307 e. The lowest BCUT2D eigenvalue weighted by Crippen LogP contribution is -2.06. The Bertz CT molecular complexity index is 298. The number of aromatic nitrogens is 2. The van der Waals surface area contributed by atoms with Gasteiger partial charge >= 0.3 is 5.97 Å². The molecule has 0 aliphatic heterocycles. The molecule has 0 aliphatic carbocycles. The van der Waals surface area contributed by atoms with Crippen LogP contribution in [-0.2, 0) is 17.8 Å². The number of carboxylic acids is 1. The summed E-state index contributed by atoms with van der Waals surface area (Å²) in [5.41, 5.74) is 0.424. The predicted octanol–water partition coefficient (Wildman–Crippen LogP) is 0.775. The molecule has 1 N–H and O–H groups in total. The van der Waals surface area contributed by atoms with Crippen LogP contribution in [0, 0.1) is 0 Å². The number of aliphatic carboxylic acids is 1. The molecule has 0 atom stereocenters. The monoisotopic (exact) mass is 190 g/mol. The highest BCUT2D eigenvalue weighted by Gasteiger charge is 2.07. The molecule has 0 bridgehead atoms. The number of alkyl halides is 2. The van der Waals surface area contributed by atoms with E-state index in [2.05, 4.69) is 5.10 Å². The molecule has 13 heavy (non-hydrogen) atoms. The van der Waals surface area contributed by atoms with Crippen molar-refractivity contribution in [2.24, 2.45) is 0 Å². The molecule has 0 saturated carbocycles. The van der Waals surface area contributed by atoms with Crippen molar-refractivity contribution >= 4 is 5.97 Å². The molecule has 0 aromatic carbocycles. The molecule has 4 nitrogen and oxygen atoms in total. The Hall–Kier alpha value is -1.46. The van der Waals surface area contributed by atoms with Crippen LogP contribution >= 0.6 is 0 Å². The van der Waals surface area contributed by atoms with E-state index in [1.165, 1.54) is 12.4 Å². The molecule has 1 rings (SSSR count). The molecule has 0 fully saturated rings. The lowest BCUT2D eigenvalue weighted by Gasteiger charge is -1.97. The van der Waals surface area contributed by atoms with Gasteiger partial charge in [-0.05, 0) is 0 Å². The third-order valence-corrected chi connectivity index (χ3v) is 1.37. The Morgan fingerprint density at radius 2 is 2.38 bits per heavy atom. The largest absolute Gasteiger partial charge is 0.481 e. The maximum absolute atomic E-state index is 11.8. The van der Waals surface area contributed by atoms with Gasteiger partial charge in [0.15, 0.2) is 0 Å². The number of carbonyl (C=O) groups is 1. The molecule has 1 heterocycles. The van der Waals surface area contributed by atoms with Gasteiger partial charge in [-0.2, -0.15) is 5.10 Å². The van der Waals surface area contributed by atoms with Gasteiger partial charge in [0, 0.05) is 11.8 Å². The molecule has 1 aromatic heterocycles. The van der Waals surface area contributed by atoms with Crippen LogP contribution in [0.2, 0.25) is 0 Å². The molecule has 0 spiro atoms. The summed E-state index contributed by atoms with van der Waals surface area (Å²) in [5, 5.41) is 12.0.